The van der Waals surface area contributed by atoms with Gasteiger partial charge in [0.25, 0.3) is 6.71 Å². The fourth-order valence-corrected chi connectivity index (χ4v) is 12.6. The molecule has 11 rings (SSSR count). The lowest BCUT2D eigenvalue weighted by Crippen LogP contribution is -2.66. The van der Waals surface area contributed by atoms with Gasteiger partial charge in [-0.15, -0.1) is 11.3 Å². The number of hydrogen-bond donors (Lipinski definition) is 0. The molecule has 2 aliphatic carbocycles. The predicted octanol–water partition coefficient (Wildman–Crippen LogP) is 9.45. The van der Waals surface area contributed by atoms with E-state index in [-0.39, 0.29) is 28.5 Å². The SMILES string of the molecule is CC(C)(C)c1ccc2c(c1)B1c3sc4ccccc4c3N3c4c(ccc(c41)C21c2ccccc2-c2ccccc21)C1(C)CCCCC31C. The number of benzene rings is 5. The molecule has 0 N–H and O–H groups in total. The molecule has 1 fully saturated rings. The van der Waals surface area contributed by atoms with Gasteiger partial charge in [0, 0.05) is 26.0 Å². The zero-order chi connectivity index (χ0) is 32.4. The Kier molecular flexibility index (Phi) is 5.07. The Morgan fingerprint density at radius 3 is 2.06 bits per heavy atom. The van der Waals surface area contributed by atoms with Crippen LogP contribution in [0.3, 0.4) is 0 Å². The normalized spacial score (nSPS) is 23.4. The monoisotopic (exact) mass is 637 g/mol. The second-order valence-electron chi connectivity index (χ2n) is 16.7. The van der Waals surface area contributed by atoms with Crippen LogP contribution in [0.5, 0.6) is 0 Å². The highest BCUT2D eigenvalue weighted by molar-refractivity contribution is 7.33. The maximum Gasteiger partial charge on any atom is 0.260 e. The van der Waals surface area contributed by atoms with Crippen molar-refractivity contribution in [3.8, 4) is 11.1 Å². The number of anilines is 2. The summed E-state index contributed by atoms with van der Waals surface area (Å²) in [4.78, 5) is 2.92. The lowest BCUT2D eigenvalue weighted by molar-refractivity contribution is 0.195. The highest BCUT2D eigenvalue weighted by Gasteiger charge is 2.64. The van der Waals surface area contributed by atoms with Crippen molar-refractivity contribution in [3.63, 3.8) is 0 Å². The Balaban J connectivity index is 1.37. The summed E-state index contributed by atoms with van der Waals surface area (Å²) in [6, 6.07) is 40.7. The third-order valence-corrected chi connectivity index (χ3v) is 14.9. The molecular formula is C45H40BNS. The molecule has 2 atom stereocenters. The standard InChI is InChI=1S/C45H40BNS/c1-42(2,3)27-20-21-33-36(26-27)46-38-34(45(33)31-17-9-6-14-28(31)29-15-7-10-18-32(29)45)22-23-35-40(38)47(44(5)25-13-12-24-43(35,44)4)39-30-16-8-11-19-37(30)48-41(39)46/h6-11,14-23,26H,12-13,24-25H2,1-5H3. The minimum atomic E-state index is -0.366. The molecule has 4 heterocycles. The summed E-state index contributed by atoms with van der Waals surface area (Å²) in [6.45, 7) is 12.5. The van der Waals surface area contributed by atoms with Crippen molar-refractivity contribution in [2.45, 2.75) is 82.1 Å². The minimum absolute atomic E-state index is 0.0263. The number of hydrogen-bond acceptors (Lipinski definition) is 2. The van der Waals surface area contributed by atoms with Gasteiger partial charge in [-0.2, -0.15) is 0 Å². The Bertz CT molecular complexity index is 2360. The molecular weight excluding hydrogens is 597 g/mol. The van der Waals surface area contributed by atoms with Crippen LogP contribution in [-0.2, 0) is 16.2 Å². The lowest BCUT2D eigenvalue weighted by atomic mass is 9.31. The van der Waals surface area contributed by atoms with E-state index in [9.17, 15) is 0 Å². The zero-order valence-electron chi connectivity index (χ0n) is 28.6. The quantitative estimate of drug-likeness (QED) is 0.150. The summed E-state index contributed by atoms with van der Waals surface area (Å²) in [5.74, 6) is 0. The predicted molar refractivity (Wildman–Crippen MR) is 205 cm³/mol. The maximum atomic E-state index is 2.92. The summed E-state index contributed by atoms with van der Waals surface area (Å²) in [7, 11) is 0. The van der Waals surface area contributed by atoms with Crippen LogP contribution >= 0.6 is 11.3 Å². The van der Waals surface area contributed by atoms with Gasteiger partial charge in [-0.05, 0) is 81.2 Å². The van der Waals surface area contributed by atoms with E-state index in [2.05, 4.69) is 154 Å². The van der Waals surface area contributed by atoms with Crippen molar-refractivity contribution in [1.82, 2.24) is 0 Å². The van der Waals surface area contributed by atoms with Gasteiger partial charge in [-0.1, -0.05) is 143 Å². The molecule has 0 bridgehead atoms. The average molecular weight is 638 g/mol. The van der Waals surface area contributed by atoms with E-state index in [1.54, 1.807) is 15.8 Å². The van der Waals surface area contributed by atoms with E-state index in [0.717, 1.165) is 0 Å². The van der Waals surface area contributed by atoms with Gasteiger partial charge in [0.2, 0.25) is 0 Å². The largest absolute Gasteiger partial charge is 0.334 e. The molecule has 1 aromatic heterocycles. The molecule has 1 nitrogen and oxygen atoms in total. The van der Waals surface area contributed by atoms with Crippen molar-refractivity contribution < 1.29 is 0 Å². The first-order valence-electron chi connectivity index (χ1n) is 18.0. The fraction of sp³-hybridized carbons (Fsp3) is 0.289. The van der Waals surface area contributed by atoms with Crippen LogP contribution in [0.4, 0.5) is 11.4 Å². The number of thiophene rings is 1. The van der Waals surface area contributed by atoms with Crippen LogP contribution in [0.25, 0.3) is 21.2 Å². The van der Waals surface area contributed by atoms with Crippen molar-refractivity contribution in [1.29, 1.82) is 0 Å². The third-order valence-electron chi connectivity index (χ3n) is 13.7. The molecule has 6 aromatic rings. The van der Waals surface area contributed by atoms with Crippen molar-refractivity contribution in [2.24, 2.45) is 0 Å². The van der Waals surface area contributed by atoms with Crippen molar-refractivity contribution >= 4 is 55.2 Å². The van der Waals surface area contributed by atoms with Crippen molar-refractivity contribution in [3.05, 3.63) is 137 Å². The molecule has 234 valence electrons. The first kappa shape index (κ1) is 27.8. The number of nitrogens with zero attached hydrogens (tertiary/aromatic N) is 1. The Morgan fingerprint density at radius 1 is 0.667 bits per heavy atom. The molecule has 1 saturated carbocycles. The Hall–Kier alpha value is -4.08. The average Bonchev–Trinajstić information content (AvgIpc) is 3.68. The Morgan fingerprint density at radius 2 is 1.31 bits per heavy atom. The molecule has 5 aromatic carbocycles. The van der Waals surface area contributed by atoms with E-state index < -0.39 is 0 Å². The zero-order valence-corrected chi connectivity index (χ0v) is 29.4. The van der Waals surface area contributed by atoms with Crippen LogP contribution in [0.2, 0.25) is 0 Å². The number of rotatable bonds is 0. The van der Waals surface area contributed by atoms with Gasteiger partial charge in [0.05, 0.1) is 16.6 Å². The van der Waals surface area contributed by atoms with E-state index in [1.807, 2.05) is 0 Å². The van der Waals surface area contributed by atoms with Gasteiger partial charge >= 0.3 is 0 Å². The molecule has 0 amide bonds. The van der Waals surface area contributed by atoms with Gasteiger partial charge in [0.15, 0.2) is 0 Å². The third kappa shape index (κ3) is 2.93. The molecule has 0 saturated heterocycles. The van der Waals surface area contributed by atoms with Crippen LogP contribution in [-0.4, -0.2) is 12.3 Å². The smallest absolute Gasteiger partial charge is 0.260 e. The van der Waals surface area contributed by atoms with E-state index in [4.69, 9.17) is 0 Å². The molecule has 5 aliphatic rings. The van der Waals surface area contributed by atoms with Crippen LogP contribution in [0, 0.1) is 0 Å². The van der Waals surface area contributed by atoms with Gasteiger partial charge < -0.3 is 4.90 Å². The van der Waals surface area contributed by atoms with E-state index >= 15 is 0 Å². The molecule has 48 heavy (non-hydrogen) atoms. The summed E-state index contributed by atoms with van der Waals surface area (Å²) >= 11 is 2.06. The highest BCUT2D eigenvalue weighted by Crippen LogP contribution is 2.65. The topological polar surface area (TPSA) is 3.24 Å². The van der Waals surface area contributed by atoms with Crippen molar-refractivity contribution in [2.75, 3.05) is 4.90 Å². The maximum absolute atomic E-state index is 2.92. The molecule has 3 aliphatic heterocycles. The molecule has 2 unspecified atom stereocenters. The van der Waals surface area contributed by atoms with Gasteiger partial charge in [0.1, 0.15) is 0 Å². The molecule has 1 spiro atoms. The Labute approximate surface area is 288 Å². The first-order chi connectivity index (χ1) is 23.2. The van der Waals surface area contributed by atoms with Crippen LogP contribution in [0.15, 0.2) is 103 Å². The fourth-order valence-electron chi connectivity index (χ4n) is 11.3. The summed E-state index contributed by atoms with van der Waals surface area (Å²) in [6.07, 6.45) is 5.07. The summed E-state index contributed by atoms with van der Waals surface area (Å²) in [5.41, 5.74) is 17.5. The first-order valence-corrected chi connectivity index (χ1v) is 18.8. The number of fused-ring (bicyclic) bond motifs is 17. The summed E-state index contributed by atoms with van der Waals surface area (Å²) in [5, 5.41) is 1.43. The second-order valence-corrected chi connectivity index (χ2v) is 17.8. The van der Waals surface area contributed by atoms with Crippen LogP contribution in [0.1, 0.15) is 93.7 Å². The molecule has 0 radical (unpaired) electrons. The second kappa shape index (κ2) is 8.74. The molecule has 3 heteroatoms. The summed E-state index contributed by atoms with van der Waals surface area (Å²) < 4.78 is 2.96. The van der Waals surface area contributed by atoms with E-state index in [0.29, 0.717) is 0 Å². The highest BCUT2D eigenvalue weighted by atomic mass is 32.1. The van der Waals surface area contributed by atoms with Gasteiger partial charge in [-0.3, -0.25) is 0 Å². The van der Waals surface area contributed by atoms with E-state index in [1.165, 1.54) is 91.6 Å². The van der Waals surface area contributed by atoms with Crippen LogP contribution < -0.4 is 20.6 Å². The minimum Gasteiger partial charge on any atom is -0.334 e. The van der Waals surface area contributed by atoms with Gasteiger partial charge in [-0.25, -0.2) is 0 Å². The lowest BCUT2D eigenvalue weighted by Gasteiger charge is -2.52.